The maximum absolute atomic E-state index is 14.2. The summed E-state index contributed by atoms with van der Waals surface area (Å²) in [5.74, 6) is -2.55. The van der Waals surface area contributed by atoms with E-state index in [2.05, 4.69) is 5.32 Å². The molecule has 7 heteroatoms. The van der Waals surface area contributed by atoms with E-state index in [4.69, 9.17) is 14.6 Å². The number of amides is 1. The van der Waals surface area contributed by atoms with Gasteiger partial charge in [-0.25, -0.2) is 14.0 Å². The zero-order valence-corrected chi connectivity index (χ0v) is 12.2. The first kappa shape index (κ1) is 16.3. The Hall–Kier alpha value is -3.09. The van der Waals surface area contributed by atoms with Gasteiger partial charge in [-0.2, -0.15) is 0 Å². The van der Waals surface area contributed by atoms with E-state index in [1.54, 1.807) is 24.3 Å². The Kier molecular flexibility index (Phi) is 5.14. The molecule has 2 aromatic carbocycles. The Labute approximate surface area is 131 Å². The first-order valence-electron chi connectivity index (χ1n) is 6.60. The van der Waals surface area contributed by atoms with Gasteiger partial charge in [0.1, 0.15) is 6.61 Å². The molecule has 0 aliphatic rings. The summed E-state index contributed by atoms with van der Waals surface area (Å²) in [6, 6.07) is 11.2. The average Bonchev–Trinajstić information content (AvgIpc) is 2.55. The molecule has 1 amide bonds. The highest BCUT2D eigenvalue weighted by atomic mass is 19.1. The molecular formula is C16H14FNO5. The number of ether oxygens (including phenoxy) is 2. The van der Waals surface area contributed by atoms with Crippen LogP contribution in [0.4, 0.5) is 14.9 Å². The molecule has 2 rings (SSSR count). The molecule has 6 nitrogen and oxygen atoms in total. The molecule has 0 bridgehead atoms. The Balaban J connectivity index is 2.14. The minimum absolute atomic E-state index is 0.0271. The second kappa shape index (κ2) is 7.26. The van der Waals surface area contributed by atoms with Crippen molar-refractivity contribution in [1.82, 2.24) is 0 Å². The van der Waals surface area contributed by atoms with Crippen molar-refractivity contribution >= 4 is 17.7 Å². The number of carbonyl (C=O) groups is 2. The molecule has 0 saturated heterocycles. The zero-order chi connectivity index (χ0) is 16.8. The van der Waals surface area contributed by atoms with Crippen LogP contribution in [0, 0.1) is 5.82 Å². The number of carboxylic acid groups (broad SMARTS) is 1. The third kappa shape index (κ3) is 3.97. The third-order valence-electron chi connectivity index (χ3n) is 3.00. The van der Waals surface area contributed by atoms with Gasteiger partial charge in [-0.1, -0.05) is 30.3 Å². The van der Waals surface area contributed by atoms with Crippen LogP contribution in [0.15, 0.2) is 42.5 Å². The van der Waals surface area contributed by atoms with E-state index in [0.717, 1.165) is 11.6 Å². The fourth-order valence-electron chi connectivity index (χ4n) is 1.88. The van der Waals surface area contributed by atoms with Crippen LogP contribution in [-0.2, 0) is 11.3 Å². The van der Waals surface area contributed by atoms with E-state index >= 15 is 0 Å². The van der Waals surface area contributed by atoms with Crippen molar-refractivity contribution < 1.29 is 28.6 Å². The van der Waals surface area contributed by atoms with Crippen molar-refractivity contribution in [3.05, 3.63) is 59.4 Å². The molecule has 0 saturated carbocycles. The second-order valence-electron chi connectivity index (χ2n) is 4.50. The van der Waals surface area contributed by atoms with Crippen LogP contribution in [0.2, 0.25) is 0 Å². The molecule has 0 radical (unpaired) electrons. The predicted molar refractivity (Wildman–Crippen MR) is 80.2 cm³/mol. The molecule has 0 aromatic heterocycles. The number of hydrogen-bond acceptors (Lipinski definition) is 4. The lowest BCUT2D eigenvalue weighted by Crippen LogP contribution is -2.17. The maximum atomic E-state index is 14.2. The largest absolute Gasteiger partial charge is 0.494 e. The number of aromatic carboxylic acids is 1. The highest BCUT2D eigenvalue weighted by Crippen LogP contribution is 2.28. The Morgan fingerprint density at radius 1 is 1.17 bits per heavy atom. The number of halogens is 1. The monoisotopic (exact) mass is 319 g/mol. The number of nitrogens with one attached hydrogen (secondary N) is 1. The predicted octanol–water partition coefficient (Wildman–Crippen LogP) is 3.28. The Morgan fingerprint density at radius 3 is 2.48 bits per heavy atom. The van der Waals surface area contributed by atoms with Crippen LogP contribution in [0.25, 0.3) is 0 Å². The van der Waals surface area contributed by atoms with Crippen molar-refractivity contribution in [2.24, 2.45) is 0 Å². The van der Waals surface area contributed by atoms with Gasteiger partial charge in [0.05, 0.1) is 18.4 Å². The van der Waals surface area contributed by atoms with Crippen LogP contribution in [-0.4, -0.2) is 24.3 Å². The molecular weight excluding hydrogens is 305 g/mol. The Morgan fingerprint density at radius 2 is 1.87 bits per heavy atom. The number of hydrogen-bond donors (Lipinski definition) is 2. The van der Waals surface area contributed by atoms with Gasteiger partial charge < -0.3 is 14.6 Å². The summed E-state index contributed by atoms with van der Waals surface area (Å²) < 4.78 is 23.9. The molecule has 0 heterocycles. The van der Waals surface area contributed by atoms with Gasteiger partial charge in [0, 0.05) is 0 Å². The van der Waals surface area contributed by atoms with Crippen molar-refractivity contribution in [1.29, 1.82) is 0 Å². The van der Waals surface area contributed by atoms with Crippen LogP contribution < -0.4 is 10.1 Å². The lowest BCUT2D eigenvalue weighted by Gasteiger charge is -2.12. The van der Waals surface area contributed by atoms with Gasteiger partial charge in [0.2, 0.25) is 0 Å². The molecule has 0 atom stereocenters. The molecule has 0 aliphatic heterocycles. The third-order valence-corrected chi connectivity index (χ3v) is 3.00. The van der Waals surface area contributed by atoms with Crippen LogP contribution in [0.5, 0.6) is 5.75 Å². The topological polar surface area (TPSA) is 84.9 Å². The lowest BCUT2D eigenvalue weighted by atomic mass is 10.1. The molecule has 23 heavy (non-hydrogen) atoms. The highest BCUT2D eigenvalue weighted by molar-refractivity contribution is 5.99. The maximum Gasteiger partial charge on any atom is 0.412 e. The van der Waals surface area contributed by atoms with Gasteiger partial charge in [-0.3, -0.25) is 5.32 Å². The van der Waals surface area contributed by atoms with E-state index in [1.165, 1.54) is 13.2 Å². The molecule has 2 N–H and O–H groups in total. The van der Waals surface area contributed by atoms with Crippen molar-refractivity contribution in [2.75, 3.05) is 12.4 Å². The standard InChI is InChI=1S/C16H14FNO5/c1-22-12-8-7-11(15(19)20)14(13(12)17)18-16(21)23-9-10-5-3-2-4-6-10/h2-8H,9H2,1H3,(H,18,21)(H,19,20). The van der Waals surface area contributed by atoms with E-state index in [9.17, 15) is 14.0 Å². The van der Waals surface area contributed by atoms with Crippen LogP contribution in [0.3, 0.4) is 0 Å². The first-order chi connectivity index (χ1) is 11.0. The molecule has 0 fully saturated rings. The number of methoxy groups -OCH3 is 1. The van der Waals surface area contributed by atoms with Crippen LogP contribution in [0.1, 0.15) is 15.9 Å². The van der Waals surface area contributed by atoms with Crippen molar-refractivity contribution in [2.45, 2.75) is 6.61 Å². The van der Waals surface area contributed by atoms with Gasteiger partial charge in [-0.15, -0.1) is 0 Å². The van der Waals surface area contributed by atoms with Crippen molar-refractivity contribution in [3.63, 3.8) is 0 Å². The fourth-order valence-corrected chi connectivity index (χ4v) is 1.88. The van der Waals surface area contributed by atoms with E-state index in [0.29, 0.717) is 0 Å². The Bertz CT molecular complexity index is 718. The quantitative estimate of drug-likeness (QED) is 0.883. The number of carbonyl (C=O) groups excluding carboxylic acids is 1. The number of benzene rings is 2. The molecule has 120 valence electrons. The van der Waals surface area contributed by atoms with E-state index in [1.807, 2.05) is 6.07 Å². The second-order valence-corrected chi connectivity index (χ2v) is 4.50. The summed E-state index contributed by atoms with van der Waals surface area (Å²) >= 11 is 0. The van der Waals surface area contributed by atoms with E-state index < -0.39 is 29.1 Å². The smallest absolute Gasteiger partial charge is 0.412 e. The molecule has 2 aromatic rings. The SMILES string of the molecule is COc1ccc(C(=O)O)c(NC(=O)OCc2ccccc2)c1F. The average molecular weight is 319 g/mol. The molecule has 0 spiro atoms. The minimum Gasteiger partial charge on any atom is -0.494 e. The number of rotatable bonds is 5. The summed E-state index contributed by atoms with van der Waals surface area (Å²) in [5.41, 5.74) is -0.165. The van der Waals surface area contributed by atoms with Gasteiger partial charge >= 0.3 is 12.1 Å². The zero-order valence-electron chi connectivity index (χ0n) is 12.2. The molecule has 0 unspecified atom stereocenters. The fraction of sp³-hybridized carbons (Fsp3) is 0.125. The first-order valence-corrected chi connectivity index (χ1v) is 6.60. The number of anilines is 1. The summed E-state index contributed by atoms with van der Waals surface area (Å²) in [4.78, 5) is 22.9. The molecule has 0 aliphatic carbocycles. The normalized spacial score (nSPS) is 10.0. The van der Waals surface area contributed by atoms with Gasteiger partial charge in [0.15, 0.2) is 11.6 Å². The summed E-state index contributed by atoms with van der Waals surface area (Å²) in [5, 5.41) is 11.2. The summed E-state index contributed by atoms with van der Waals surface area (Å²) in [6.45, 7) is -0.0271. The number of carboxylic acids is 1. The lowest BCUT2D eigenvalue weighted by molar-refractivity contribution is 0.0697. The van der Waals surface area contributed by atoms with Gasteiger partial charge in [0.25, 0.3) is 0 Å². The van der Waals surface area contributed by atoms with Crippen molar-refractivity contribution in [3.8, 4) is 5.75 Å². The van der Waals surface area contributed by atoms with E-state index in [-0.39, 0.29) is 12.4 Å². The highest BCUT2D eigenvalue weighted by Gasteiger charge is 2.21. The van der Waals surface area contributed by atoms with Gasteiger partial charge in [-0.05, 0) is 17.7 Å². The van der Waals surface area contributed by atoms with Crippen LogP contribution >= 0.6 is 0 Å². The minimum atomic E-state index is -1.38. The summed E-state index contributed by atoms with van der Waals surface area (Å²) in [6.07, 6.45) is -0.969. The summed E-state index contributed by atoms with van der Waals surface area (Å²) in [7, 11) is 1.23.